The van der Waals surface area contributed by atoms with Crippen LogP contribution in [-0.2, 0) is 17.8 Å². The Morgan fingerprint density at radius 1 is 1.25 bits per heavy atom. The maximum atomic E-state index is 12.6. The van der Waals surface area contributed by atoms with E-state index in [0.717, 1.165) is 49.0 Å². The number of aromatic nitrogens is 2. The van der Waals surface area contributed by atoms with Gasteiger partial charge in [-0.1, -0.05) is 69.9 Å². The zero-order chi connectivity index (χ0) is 22.8. The molecule has 0 aromatic carbocycles. The van der Waals surface area contributed by atoms with Crippen molar-refractivity contribution in [2.45, 2.75) is 78.2 Å². The monoisotopic (exact) mass is 433 g/mol. The predicted molar refractivity (Wildman–Crippen MR) is 136 cm³/mol. The Kier molecular flexibility index (Phi) is 9.33. The molecule has 1 fully saturated rings. The summed E-state index contributed by atoms with van der Waals surface area (Å²) in [6.45, 7) is 9.73. The standard InChI is InChI=1S/C28H39N3O/c1-4-7-14-23(6-3)26-21-31(27-25(26)19-22(5-2)20-30-27)18-13-17-29-28(32)24-15-11-9-8-10-12-16-24/h4,6-7,14,19-21,24H,3,5,8-13,15-18H2,1-2H3,(H,29,32)/b7-4-,23-14+. The maximum Gasteiger partial charge on any atom is 0.223 e. The molecule has 0 bridgehead atoms. The lowest BCUT2D eigenvalue weighted by Gasteiger charge is -2.19. The molecule has 0 unspecified atom stereocenters. The van der Waals surface area contributed by atoms with E-state index in [2.05, 4.69) is 41.7 Å². The van der Waals surface area contributed by atoms with E-state index >= 15 is 0 Å². The van der Waals surface area contributed by atoms with Crippen LogP contribution in [0.25, 0.3) is 16.6 Å². The second-order valence-corrected chi connectivity index (χ2v) is 8.84. The number of fused-ring (bicyclic) bond motifs is 1. The van der Waals surface area contributed by atoms with Crippen molar-refractivity contribution in [2.75, 3.05) is 6.54 Å². The number of carbonyl (C=O) groups is 1. The van der Waals surface area contributed by atoms with E-state index in [0.29, 0.717) is 6.54 Å². The SMILES string of the molecule is C=C/C(=C\C=C/C)c1cn(CCCNC(=O)C2CCCCCCC2)c2ncc(CC)cc12. The fraction of sp³-hybridized carbons (Fsp3) is 0.500. The summed E-state index contributed by atoms with van der Waals surface area (Å²) in [4.78, 5) is 17.4. The van der Waals surface area contributed by atoms with Crippen molar-refractivity contribution in [3.8, 4) is 0 Å². The molecule has 2 heterocycles. The Balaban J connectivity index is 1.69. The number of amides is 1. The topological polar surface area (TPSA) is 46.9 Å². The van der Waals surface area contributed by atoms with Crippen LogP contribution in [-0.4, -0.2) is 22.0 Å². The minimum Gasteiger partial charge on any atom is -0.356 e. The predicted octanol–water partition coefficient (Wildman–Crippen LogP) is 6.61. The van der Waals surface area contributed by atoms with E-state index in [9.17, 15) is 4.79 Å². The number of hydrogen-bond acceptors (Lipinski definition) is 2. The molecule has 1 aliphatic carbocycles. The number of pyridine rings is 1. The van der Waals surface area contributed by atoms with E-state index in [1.54, 1.807) is 0 Å². The van der Waals surface area contributed by atoms with Crippen LogP contribution in [0.2, 0.25) is 0 Å². The average molecular weight is 434 g/mol. The van der Waals surface area contributed by atoms with Crippen LogP contribution >= 0.6 is 0 Å². The molecule has 1 saturated carbocycles. The van der Waals surface area contributed by atoms with Crippen LogP contribution in [0.15, 0.2) is 49.3 Å². The molecule has 32 heavy (non-hydrogen) atoms. The zero-order valence-electron chi connectivity index (χ0n) is 19.9. The summed E-state index contributed by atoms with van der Waals surface area (Å²) in [5.74, 6) is 0.453. The molecule has 2 aromatic rings. The maximum absolute atomic E-state index is 12.6. The third-order valence-corrected chi connectivity index (χ3v) is 6.53. The lowest BCUT2D eigenvalue weighted by Crippen LogP contribution is -2.32. The van der Waals surface area contributed by atoms with Crippen LogP contribution in [0.3, 0.4) is 0 Å². The van der Waals surface area contributed by atoms with Crippen LogP contribution < -0.4 is 5.32 Å². The number of carbonyl (C=O) groups excluding carboxylic acids is 1. The Hall–Kier alpha value is -2.62. The Labute approximate surface area is 193 Å². The number of hydrogen-bond donors (Lipinski definition) is 1. The summed E-state index contributed by atoms with van der Waals surface area (Å²) in [5, 5.41) is 4.36. The molecule has 1 aliphatic rings. The van der Waals surface area contributed by atoms with Crippen LogP contribution in [0.4, 0.5) is 0 Å². The quantitative estimate of drug-likeness (QED) is 0.357. The van der Waals surface area contributed by atoms with Crippen molar-refractivity contribution in [1.29, 1.82) is 0 Å². The lowest BCUT2D eigenvalue weighted by atomic mass is 9.90. The summed E-state index contributed by atoms with van der Waals surface area (Å²) >= 11 is 0. The molecule has 0 radical (unpaired) electrons. The van der Waals surface area contributed by atoms with E-state index in [4.69, 9.17) is 4.98 Å². The fourth-order valence-electron chi connectivity index (χ4n) is 4.60. The normalized spacial score (nSPS) is 16.2. The molecule has 1 N–H and O–H groups in total. The highest BCUT2D eigenvalue weighted by atomic mass is 16.1. The molecule has 0 aliphatic heterocycles. The van der Waals surface area contributed by atoms with Gasteiger partial charge in [0.1, 0.15) is 5.65 Å². The first-order chi connectivity index (χ1) is 15.7. The van der Waals surface area contributed by atoms with E-state index < -0.39 is 0 Å². The molecular weight excluding hydrogens is 394 g/mol. The molecule has 172 valence electrons. The molecular formula is C28H39N3O. The summed E-state index contributed by atoms with van der Waals surface area (Å²) in [6.07, 6.45) is 22.4. The largest absolute Gasteiger partial charge is 0.356 e. The second-order valence-electron chi connectivity index (χ2n) is 8.84. The van der Waals surface area contributed by atoms with Gasteiger partial charge in [0.05, 0.1) is 0 Å². The molecule has 4 heteroatoms. The van der Waals surface area contributed by atoms with Crippen LogP contribution in [0.5, 0.6) is 0 Å². The number of aryl methyl sites for hydroxylation is 2. The Morgan fingerprint density at radius 2 is 2.00 bits per heavy atom. The highest BCUT2D eigenvalue weighted by molar-refractivity contribution is 5.94. The average Bonchev–Trinajstić information content (AvgIpc) is 3.14. The van der Waals surface area contributed by atoms with Crippen molar-refractivity contribution in [3.63, 3.8) is 0 Å². The lowest BCUT2D eigenvalue weighted by molar-refractivity contribution is -0.125. The van der Waals surface area contributed by atoms with Crippen molar-refractivity contribution >= 4 is 22.5 Å². The van der Waals surface area contributed by atoms with E-state index in [1.807, 2.05) is 31.3 Å². The summed E-state index contributed by atoms with van der Waals surface area (Å²) in [7, 11) is 0. The zero-order valence-corrected chi connectivity index (χ0v) is 19.9. The van der Waals surface area contributed by atoms with E-state index in [1.165, 1.54) is 43.1 Å². The first-order valence-corrected chi connectivity index (χ1v) is 12.4. The van der Waals surface area contributed by atoms with Gasteiger partial charge in [-0.2, -0.15) is 0 Å². The fourth-order valence-corrected chi connectivity index (χ4v) is 4.60. The number of nitrogens with one attached hydrogen (secondary N) is 1. The minimum atomic E-state index is 0.204. The molecule has 4 nitrogen and oxygen atoms in total. The molecule has 0 saturated heterocycles. The highest BCUT2D eigenvalue weighted by Gasteiger charge is 2.19. The third-order valence-electron chi connectivity index (χ3n) is 6.53. The highest BCUT2D eigenvalue weighted by Crippen LogP contribution is 2.28. The van der Waals surface area contributed by atoms with Gasteiger partial charge in [-0.15, -0.1) is 0 Å². The Bertz CT molecular complexity index is 958. The van der Waals surface area contributed by atoms with Gasteiger partial charge >= 0.3 is 0 Å². The van der Waals surface area contributed by atoms with Gasteiger partial charge < -0.3 is 9.88 Å². The molecule has 3 rings (SSSR count). The second kappa shape index (κ2) is 12.4. The van der Waals surface area contributed by atoms with Gasteiger partial charge in [-0.3, -0.25) is 4.79 Å². The van der Waals surface area contributed by atoms with Crippen molar-refractivity contribution in [1.82, 2.24) is 14.9 Å². The molecule has 1 amide bonds. The van der Waals surface area contributed by atoms with Crippen LogP contribution in [0.1, 0.15) is 76.3 Å². The number of nitrogens with zero attached hydrogens (tertiary/aromatic N) is 2. The van der Waals surface area contributed by atoms with Gasteiger partial charge in [0.2, 0.25) is 5.91 Å². The number of rotatable bonds is 9. The Morgan fingerprint density at radius 3 is 2.69 bits per heavy atom. The van der Waals surface area contributed by atoms with Gasteiger partial charge in [0.15, 0.2) is 0 Å². The van der Waals surface area contributed by atoms with Gasteiger partial charge in [0.25, 0.3) is 0 Å². The molecule has 2 aromatic heterocycles. The van der Waals surface area contributed by atoms with Crippen molar-refractivity contribution in [3.05, 3.63) is 60.5 Å². The smallest absolute Gasteiger partial charge is 0.223 e. The van der Waals surface area contributed by atoms with E-state index in [-0.39, 0.29) is 11.8 Å². The summed E-state index contributed by atoms with van der Waals surface area (Å²) < 4.78 is 2.22. The van der Waals surface area contributed by atoms with Gasteiger partial charge in [0, 0.05) is 42.4 Å². The van der Waals surface area contributed by atoms with Crippen molar-refractivity contribution in [2.24, 2.45) is 5.92 Å². The third kappa shape index (κ3) is 6.21. The van der Waals surface area contributed by atoms with Crippen LogP contribution in [0, 0.1) is 5.92 Å². The van der Waals surface area contributed by atoms with Gasteiger partial charge in [-0.25, -0.2) is 4.98 Å². The minimum absolute atomic E-state index is 0.204. The molecule has 0 atom stereocenters. The number of allylic oxidation sites excluding steroid dienone is 5. The van der Waals surface area contributed by atoms with Gasteiger partial charge in [-0.05, 0) is 49.8 Å². The summed E-state index contributed by atoms with van der Waals surface area (Å²) in [5.41, 5.74) is 4.49. The summed E-state index contributed by atoms with van der Waals surface area (Å²) in [6, 6.07) is 2.25. The first-order valence-electron chi connectivity index (χ1n) is 12.4. The molecule has 0 spiro atoms. The first kappa shape index (κ1) is 24.0. The van der Waals surface area contributed by atoms with Crippen molar-refractivity contribution < 1.29 is 4.79 Å².